The quantitative estimate of drug-likeness (QED) is 0.360. The van der Waals surface area contributed by atoms with E-state index in [1.807, 2.05) is 6.07 Å². The number of hydrazine groups is 1. The maximum Gasteiger partial charge on any atom is 0.311 e. The third-order valence-corrected chi connectivity index (χ3v) is 2.87. The first kappa shape index (κ1) is 14.7. The van der Waals surface area contributed by atoms with Crippen molar-refractivity contribution in [1.82, 2.24) is 4.98 Å². The Labute approximate surface area is 120 Å². The van der Waals surface area contributed by atoms with Crippen LogP contribution in [0.2, 0.25) is 0 Å². The van der Waals surface area contributed by atoms with E-state index >= 15 is 0 Å². The fourth-order valence-electron chi connectivity index (χ4n) is 1.80. The molecule has 1 aromatic heterocycles. The molecular weight excluding hydrogens is 274 g/mol. The highest BCUT2D eigenvalue weighted by Crippen LogP contribution is 2.24. The molecule has 0 saturated heterocycles. The van der Waals surface area contributed by atoms with Crippen LogP contribution in [0.5, 0.6) is 0 Å². The van der Waals surface area contributed by atoms with Gasteiger partial charge < -0.3 is 15.8 Å². The smallest absolute Gasteiger partial charge is 0.311 e. The first-order valence-electron chi connectivity index (χ1n) is 6.20. The molecule has 21 heavy (non-hydrogen) atoms. The van der Waals surface area contributed by atoms with Gasteiger partial charge in [-0.2, -0.15) is 0 Å². The van der Waals surface area contributed by atoms with E-state index in [0.717, 1.165) is 0 Å². The molecule has 1 atom stereocenters. The number of nitrogens with zero attached hydrogens (tertiary/aromatic N) is 2. The highest BCUT2D eigenvalue weighted by molar-refractivity contribution is 5.60. The zero-order chi connectivity index (χ0) is 15.2. The van der Waals surface area contributed by atoms with E-state index in [1.165, 1.54) is 12.1 Å². The monoisotopic (exact) mass is 289 g/mol. The first-order chi connectivity index (χ1) is 10.1. The lowest BCUT2D eigenvalue weighted by Crippen LogP contribution is -2.15. The Morgan fingerprint density at radius 1 is 1.29 bits per heavy atom. The molecule has 0 saturated carbocycles. The van der Waals surface area contributed by atoms with E-state index in [-0.39, 0.29) is 23.9 Å². The minimum atomic E-state index is -0.804. The van der Waals surface area contributed by atoms with Gasteiger partial charge in [-0.15, -0.1) is 0 Å². The van der Waals surface area contributed by atoms with Gasteiger partial charge in [0.1, 0.15) is 5.82 Å². The predicted octanol–water partition coefficient (Wildman–Crippen LogP) is 1.42. The van der Waals surface area contributed by atoms with Gasteiger partial charge in [0.25, 0.3) is 0 Å². The minimum absolute atomic E-state index is 0.0467. The summed E-state index contributed by atoms with van der Waals surface area (Å²) in [5.74, 6) is 5.57. The average Bonchev–Trinajstić information content (AvgIpc) is 2.52. The van der Waals surface area contributed by atoms with Crippen LogP contribution in [-0.2, 0) is 0 Å². The highest BCUT2D eigenvalue weighted by atomic mass is 16.6. The second-order valence-corrected chi connectivity index (χ2v) is 4.27. The number of hydrogen-bond donors (Lipinski definition) is 4. The number of pyridine rings is 1. The second kappa shape index (κ2) is 6.64. The van der Waals surface area contributed by atoms with Crippen molar-refractivity contribution < 1.29 is 10.0 Å². The average molecular weight is 289 g/mol. The number of aliphatic hydroxyl groups excluding tert-OH is 1. The SMILES string of the molecule is NNc1ccc([N+](=O)[O-])c(NCC(O)c2ccccc2)n1. The van der Waals surface area contributed by atoms with Crippen LogP contribution in [0.1, 0.15) is 11.7 Å². The normalized spacial score (nSPS) is 11.7. The van der Waals surface area contributed by atoms with E-state index in [4.69, 9.17) is 5.84 Å². The molecule has 0 aliphatic heterocycles. The minimum Gasteiger partial charge on any atom is -0.387 e. The summed E-state index contributed by atoms with van der Waals surface area (Å²) < 4.78 is 0. The largest absolute Gasteiger partial charge is 0.387 e. The van der Waals surface area contributed by atoms with Crippen molar-refractivity contribution in [3.05, 3.63) is 58.1 Å². The van der Waals surface area contributed by atoms with E-state index in [9.17, 15) is 15.2 Å². The molecule has 2 rings (SSSR count). The van der Waals surface area contributed by atoms with Gasteiger partial charge in [-0.1, -0.05) is 30.3 Å². The molecule has 0 aliphatic carbocycles. The zero-order valence-corrected chi connectivity index (χ0v) is 11.1. The highest BCUT2D eigenvalue weighted by Gasteiger charge is 2.17. The van der Waals surface area contributed by atoms with E-state index in [2.05, 4.69) is 15.7 Å². The molecular formula is C13H15N5O3. The number of aromatic nitrogens is 1. The molecule has 0 bridgehead atoms. The summed E-state index contributed by atoms with van der Waals surface area (Å²) in [7, 11) is 0. The van der Waals surface area contributed by atoms with Crippen LogP contribution in [0.15, 0.2) is 42.5 Å². The second-order valence-electron chi connectivity index (χ2n) is 4.27. The predicted molar refractivity (Wildman–Crippen MR) is 78.6 cm³/mol. The van der Waals surface area contributed by atoms with Crippen LogP contribution >= 0.6 is 0 Å². The van der Waals surface area contributed by atoms with Crippen molar-refractivity contribution in [2.75, 3.05) is 17.3 Å². The van der Waals surface area contributed by atoms with E-state index < -0.39 is 11.0 Å². The van der Waals surface area contributed by atoms with Gasteiger partial charge in [0, 0.05) is 12.6 Å². The molecule has 1 heterocycles. The Hall–Kier alpha value is -2.71. The first-order valence-corrected chi connectivity index (χ1v) is 6.20. The third-order valence-electron chi connectivity index (χ3n) is 2.87. The number of hydrogen-bond acceptors (Lipinski definition) is 7. The summed E-state index contributed by atoms with van der Waals surface area (Å²) in [4.78, 5) is 14.4. The lowest BCUT2D eigenvalue weighted by Gasteiger charge is -2.13. The van der Waals surface area contributed by atoms with Gasteiger partial charge in [-0.05, 0) is 11.6 Å². The van der Waals surface area contributed by atoms with E-state index in [1.54, 1.807) is 24.3 Å². The molecule has 1 aromatic carbocycles. The van der Waals surface area contributed by atoms with Crippen molar-refractivity contribution in [3.8, 4) is 0 Å². The topological polar surface area (TPSA) is 126 Å². The maximum absolute atomic E-state index is 10.9. The molecule has 0 spiro atoms. The zero-order valence-electron chi connectivity index (χ0n) is 11.1. The Morgan fingerprint density at radius 3 is 2.62 bits per heavy atom. The molecule has 0 radical (unpaired) electrons. The van der Waals surface area contributed by atoms with E-state index in [0.29, 0.717) is 5.56 Å². The molecule has 0 aliphatic rings. The van der Waals surface area contributed by atoms with Crippen LogP contribution in [0.3, 0.4) is 0 Å². The molecule has 8 nitrogen and oxygen atoms in total. The lowest BCUT2D eigenvalue weighted by molar-refractivity contribution is -0.384. The molecule has 0 amide bonds. The van der Waals surface area contributed by atoms with Gasteiger partial charge in [0.2, 0.25) is 5.82 Å². The maximum atomic E-state index is 10.9. The molecule has 110 valence electrons. The lowest BCUT2D eigenvalue weighted by atomic mass is 10.1. The number of nitrogens with two attached hydrogens (primary N) is 1. The number of anilines is 2. The summed E-state index contributed by atoms with van der Waals surface area (Å²) in [6, 6.07) is 11.7. The van der Waals surface area contributed by atoms with Gasteiger partial charge in [-0.3, -0.25) is 10.1 Å². The summed E-state index contributed by atoms with van der Waals surface area (Å²) in [6.07, 6.45) is -0.804. The van der Waals surface area contributed by atoms with Crippen molar-refractivity contribution in [1.29, 1.82) is 0 Å². The van der Waals surface area contributed by atoms with Crippen molar-refractivity contribution in [2.45, 2.75) is 6.10 Å². The molecule has 5 N–H and O–H groups in total. The van der Waals surface area contributed by atoms with Crippen LogP contribution in [0.25, 0.3) is 0 Å². The van der Waals surface area contributed by atoms with Crippen molar-refractivity contribution >= 4 is 17.3 Å². The van der Waals surface area contributed by atoms with Gasteiger partial charge in [-0.25, -0.2) is 10.8 Å². The van der Waals surface area contributed by atoms with Gasteiger partial charge in [0.05, 0.1) is 11.0 Å². The number of nitrogen functional groups attached to an aromatic ring is 1. The number of nitrogens with one attached hydrogen (secondary N) is 2. The summed E-state index contributed by atoms with van der Waals surface area (Å²) >= 11 is 0. The van der Waals surface area contributed by atoms with Crippen LogP contribution < -0.4 is 16.6 Å². The van der Waals surface area contributed by atoms with Crippen LogP contribution in [-0.4, -0.2) is 21.6 Å². The number of nitro groups is 1. The summed E-state index contributed by atoms with van der Waals surface area (Å²) in [5, 5.41) is 23.8. The number of aliphatic hydroxyl groups is 1. The fraction of sp³-hybridized carbons (Fsp3) is 0.154. The fourth-order valence-corrected chi connectivity index (χ4v) is 1.80. The third kappa shape index (κ3) is 3.65. The Bertz CT molecular complexity index is 620. The summed E-state index contributed by atoms with van der Waals surface area (Å²) in [5.41, 5.74) is 2.84. The Morgan fingerprint density at radius 2 is 2.00 bits per heavy atom. The Kier molecular flexibility index (Phi) is 4.64. The summed E-state index contributed by atoms with van der Waals surface area (Å²) in [6.45, 7) is 0.0892. The molecule has 0 fully saturated rings. The standard InChI is InChI=1S/C13H15N5O3/c14-17-12-7-6-10(18(20)21)13(16-12)15-8-11(19)9-4-2-1-3-5-9/h1-7,11,19H,8,14H2,(H2,15,16,17). The molecule has 8 heteroatoms. The number of rotatable bonds is 6. The number of benzene rings is 1. The Balaban J connectivity index is 2.13. The van der Waals surface area contributed by atoms with Crippen molar-refractivity contribution in [3.63, 3.8) is 0 Å². The molecule has 2 aromatic rings. The van der Waals surface area contributed by atoms with Crippen LogP contribution in [0, 0.1) is 10.1 Å². The van der Waals surface area contributed by atoms with Crippen molar-refractivity contribution in [2.24, 2.45) is 5.84 Å². The molecule has 1 unspecified atom stereocenters. The van der Waals surface area contributed by atoms with Gasteiger partial charge in [0.15, 0.2) is 0 Å². The van der Waals surface area contributed by atoms with Crippen LogP contribution in [0.4, 0.5) is 17.3 Å². The van der Waals surface area contributed by atoms with Gasteiger partial charge >= 0.3 is 5.69 Å².